The van der Waals surface area contributed by atoms with E-state index in [1.165, 1.54) is 13.2 Å². The van der Waals surface area contributed by atoms with Crippen LogP contribution in [0.25, 0.3) is 0 Å². The monoisotopic (exact) mass is 456 g/mol. The van der Waals surface area contributed by atoms with Gasteiger partial charge in [0.15, 0.2) is 8.32 Å². The van der Waals surface area contributed by atoms with E-state index in [1.807, 2.05) is 6.08 Å². The molecular formula is C24H44O6Si. The zero-order valence-corrected chi connectivity index (χ0v) is 21.6. The Kier molecular flexibility index (Phi) is 12.2. The van der Waals surface area contributed by atoms with Crippen LogP contribution in [0, 0.1) is 11.8 Å². The molecule has 0 heterocycles. The summed E-state index contributed by atoms with van der Waals surface area (Å²) >= 11 is 0. The minimum absolute atomic E-state index is 0.0601. The molecule has 1 fully saturated rings. The van der Waals surface area contributed by atoms with Gasteiger partial charge in [-0.2, -0.15) is 0 Å². The Bertz CT molecular complexity index is 581. The van der Waals surface area contributed by atoms with Crippen LogP contribution in [-0.4, -0.2) is 59.2 Å². The highest BCUT2D eigenvalue weighted by molar-refractivity contribution is 6.74. The molecular weight excluding hydrogens is 412 g/mol. The van der Waals surface area contributed by atoms with Crippen LogP contribution < -0.4 is 0 Å². The van der Waals surface area contributed by atoms with Crippen molar-refractivity contribution in [1.82, 2.24) is 0 Å². The van der Waals surface area contributed by atoms with Crippen LogP contribution in [0.15, 0.2) is 24.3 Å². The van der Waals surface area contributed by atoms with Crippen molar-refractivity contribution in [1.29, 1.82) is 0 Å². The number of unbranched alkanes of at least 4 members (excludes halogenated alkanes) is 2. The molecule has 0 bridgehead atoms. The average molecular weight is 457 g/mol. The highest BCUT2D eigenvalue weighted by Crippen LogP contribution is 2.43. The number of allylic oxidation sites excluding steroid dienone is 2. The quantitative estimate of drug-likeness (QED) is 0.107. The fourth-order valence-corrected chi connectivity index (χ4v) is 4.91. The molecule has 180 valence electrons. The molecule has 1 N–H and O–H groups in total. The second kappa shape index (κ2) is 13.5. The second-order valence-corrected chi connectivity index (χ2v) is 14.6. The van der Waals surface area contributed by atoms with Gasteiger partial charge in [-0.1, -0.05) is 32.9 Å². The summed E-state index contributed by atoms with van der Waals surface area (Å²) in [6, 6.07) is 0. The van der Waals surface area contributed by atoms with Crippen LogP contribution in [0.1, 0.15) is 52.9 Å². The Labute approximate surface area is 190 Å². The molecule has 0 radical (unpaired) electrons. The lowest BCUT2D eigenvalue weighted by atomic mass is 9.90. The number of methoxy groups -OCH3 is 2. The first kappa shape index (κ1) is 28.0. The predicted octanol–water partition coefficient (Wildman–Crippen LogP) is 4.84. The van der Waals surface area contributed by atoms with Crippen LogP contribution >= 0.6 is 0 Å². The number of aliphatic hydroxyl groups is 1. The molecule has 0 spiro atoms. The van der Waals surface area contributed by atoms with Gasteiger partial charge in [-0.05, 0) is 68.1 Å². The normalized spacial score (nSPS) is 23.7. The van der Waals surface area contributed by atoms with E-state index in [9.17, 15) is 4.79 Å². The summed E-state index contributed by atoms with van der Waals surface area (Å²) < 4.78 is 22.6. The van der Waals surface area contributed by atoms with Gasteiger partial charge in [0.05, 0.1) is 19.3 Å². The molecule has 1 aliphatic rings. The molecule has 0 aromatic heterocycles. The third kappa shape index (κ3) is 9.57. The van der Waals surface area contributed by atoms with Crippen molar-refractivity contribution in [2.75, 3.05) is 27.6 Å². The standard InChI is InChI=1S/C24H44O6Si/c1-24(2,3)31(6,7)30-22(13-14-23(26)28-5)21-17-20(29-18-27-4)16-19(21)12-10-8-9-11-15-25/h10,12-14,19-22,25H,8-9,11,15-18H2,1-7H3/b12-10+,14-13+/t19-,20+,21-,22+/m1/s1. The van der Waals surface area contributed by atoms with Crippen molar-refractivity contribution in [3.05, 3.63) is 24.3 Å². The maximum absolute atomic E-state index is 11.8. The maximum Gasteiger partial charge on any atom is 0.330 e. The Hall–Kier alpha value is -0.993. The number of hydrogen-bond acceptors (Lipinski definition) is 6. The van der Waals surface area contributed by atoms with Crippen LogP contribution in [0.2, 0.25) is 18.1 Å². The van der Waals surface area contributed by atoms with Crippen molar-refractivity contribution < 1.29 is 28.5 Å². The van der Waals surface area contributed by atoms with Crippen LogP contribution in [0.4, 0.5) is 0 Å². The minimum Gasteiger partial charge on any atom is -0.466 e. The Morgan fingerprint density at radius 1 is 1.19 bits per heavy atom. The lowest BCUT2D eigenvalue weighted by Crippen LogP contribution is -2.45. The first-order valence-corrected chi connectivity index (χ1v) is 14.3. The molecule has 0 unspecified atom stereocenters. The highest BCUT2D eigenvalue weighted by Gasteiger charge is 2.44. The Balaban J connectivity index is 3.11. The molecule has 6 nitrogen and oxygen atoms in total. The van der Waals surface area contributed by atoms with Gasteiger partial charge in [0.1, 0.15) is 6.79 Å². The van der Waals surface area contributed by atoms with Crippen molar-refractivity contribution in [2.45, 2.75) is 83.2 Å². The number of aliphatic hydroxyl groups excluding tert-OH is 1. The molecule has 0 aromatic rings. The fourth-order valence-electron chi connectivity index (χ4n) is 3.63. The number of carbonyl (C=O) groups is 1. The molecule has 1 aliphatic carbocycles. The number of ether oxygens (including phenoxy) is 3. The lowest BCUT2D eigenvalue weighted by molar-refractivity contribution is -0.134. The van der Waals surface area contributed by atoms with Crippen molar-refractivity contribution >= 4 is 14.3 Å². The molecule has 0 amide bonds. The third-order valence-corrected chi connectivity index (χ3v) is 11.0. The molecule has 31 heavy (non-hydrogen) atoms. The summed E-state index contributed by atoms with van der Waals surface area (Å²) in [7, 11) is 0.955. The number of carbonyl (C=O) groups excluding carboxylic acids is 1. The summed E-state index contributed by atoms with van der Waals surface area (Å²) in [6.07, 6.45) is 12.2. The number of rotatable bonds is 13. The van der Waals surface area contributed by atoms with Gasteiger partial charge >= 0.3 is 5.97 Å². The molecule has 7 heteroatoms. The Morgan fingerprint density at radius 3 is 2.48 bits per heavy atom. The first-order chi connectivity index (χ1) is 14.6. The second-order valence-electron chi connectivity index (χ2n) is 9.87. The maximum atomic E-state index is 11.8. The van der Waals surface area contributed by atoms with Gasteiger partial charge in [-0.15, -0.1) is 0 Å². The van der Waals surface area contributed by atoms with Crippen molar-refractivity contribution in [2.24, 2.45) is 11.8 Å². The largest absolute Gasteiger partial charge is 0.466 e. The zero-order chi connectivity index (χ0) is 23.5. The van der Waals surface area contributed by atoms with E-state index in [4.69, 9.17) is 23.7 Å². The van der Waals surface area contributed by atoms with Gasteiger partial charge in [0.25, 0.3) is 0 Å². The molecule has 4 atom stereocenters. The SMILES string of the molecule is COCO[C@@H]1C[C@@H]([C@H](/C=C/C(=O)OC)O[Si](C)(C)C(C)(C)C)[C@H](/C=C/CCCCO)C1. The van der Waals surface area contributed by atoms with Gasteiger partial charge in [-0.25, -0.2) is 4.79 Å². The van der Waals surface area contributed by atoms with E-state index in [1.54, 1.807) is 7.11 Å². The summed E-state index contributed by atoms with van der Waals surface area (Å²) in [5.74, 6) is 0.115. The zero-order valence-electron chi connectivity index (χ0n) is 20.6. The van der Waals surface area contributed by atoms with Crippen LogP contribution in [0.5, 0.6) is 0 Å². The number of esters is 1. The van der Waals surface area contributed by atoms with Crippen molar-refractivity contribution in [3.8, 4) is 0 Å². The topological polar surface area (TPSA) is 74.2 Å². The highest BCUT2D eigenvalue weighted by atomic mass is 28.4. The van der Waals surface area contributed by atoms with Crippen LogP contribution in [-0.2, 0) is 23.4 Å². The van der Waals surface area contributed by atoms with Gasteiger partial charge < -0.3 is 23.7 Å². The smallest absolute Gasteiger partial charge is 0.330 e. The fraction of sp³-hybridized carbons (Fsp3) is 0.792. The van der Waals surface area contributed by atoms with Gasteiger partial charge in [-0.3, -0.25) is 0 Å². The summed E-state index contributed by atoms with van der Waals surface area (Å²) in [5, 5.41) is 9.06. The van der Waals surface area contributed by atoms with E-state index in [2.05, 4.69) is 46.0 Å². The summed E-state index contributed by atoms with van der Waals surface area (Å²) in [5.41, 5.74) is 0. The molecule has 0 saturated heterocycles. The summed E-state index contributed by atoms with van der Waals surface area (Å²) in [6.45, 7) is 11.6. The van der Waals surface area contributed by atoms with Crippen LogP contribution in [0.3, 0.4) is 0 Å². The van der Waals surface area contributed by atoms with E-state index in [0.717, 1.165) is 32.1 Å². The Morgan fingerprint density at radius 2 is 1.90 bits per heavy atom. The van der Waals surface area contributed by atoms with Gasteiger partial charge in [0.2, 0.25) is 0 Å². The number of hydrogen-bond donors (Lipinski definition) is 1. The van der Waals surface area contributed by atoms with E-state index in [0.29, 0.717) is 0 Å². The lowest BCUT2D eigenvalue weighted by Gasteiger charge is -2.41. The molecule has 0 aliphatic heterocycles. The molecule has 0 aromatic carbocycles. The van der Waals surface area contributed by atoms with E-state index in [-0.39, 0.29) is 48.5 Å². The van der Waals surface area contributed by atoms with E-state index < -0.39 is 8.32 Å². The molecule has 1 saturated carbocycles. The first-order valence-electron chi connectivity index (χ1n) is 11.4. The third-order valence-electron chi connectivity index (χ3n) is 6.49. The van der Waals surface area contributed by atoms with Crippen molar-refractivity contribution in [3.63, 3.8) is 0 Å². The van der Waals surface area contributed by atoms with E-state index >= 15 is 0 Å². The summed E-state index contributed by atoms with van der Waals surface area (Å²) in [4.78, 5) is 11.8. The average Bonchev–Trinajstić information content (AvgIpc) is 3.11. The van der Waals surface area contributed by atoms with Gasteiger partial charge in [0, 0.05) is 19.8 Å². The minimum atomic E-state index is -2.06. The molecule has 1 rings (SSSR count). The predicted molar refractivity (Wildman–Crippen MR) is 126 cm³/mol.